The maximum Gasteiger partial charge on any atom is 0.307 e. The van der Waals surface area contributed by atoms with Crippen LogP contribution in [-0.2, 0) is 14.3 Å². The van der Waals surface area contributed by atoms with E-state index in [1.54, 1.807) is 25.1 Å². The monoisotopic (exact) mass is 349 g/mol. The molecule has 136 valence electrons. The van der Waals surface area contributed by atoms with E-state index < -0.39 is 12.1 Å². The largest absolute Gasteiger partial charge is 0.490 e. The molecule has 0 saturated carbocycles. The molecule has 2 rings (SSSR count). The van der Waals surface area contributed by atoms with Crippen LogP contribution in [-0.4, -0.2) is 43.5 Å². The van der Waals surface area contributed by atoms with Crippen LogP contribution in [0.25, 0.3) is 0 Å². The zero-order chi connectivity index (χ0) is 18.2. The Hall–Kier alpha value is -2.57. The van der Waals surface area contributed by atoms with Gasteiger partial charge in [-0.2, -0.15) is 0 Å². The van der Waals surface area contributed by atoms with Crippen molar-refractivity contribution in [3.8, 4) is 11.5 Å². The summed E-state index contributed by atoms with van der Waals surface area (Å²) in [5, 5.41) is 2.57. The normalized spacial score (nSPS) is 14.2. The van der Waals surface area contributed by atoms with Crippen LogP contribution in [0.5, 0.6) is 11.5 Å². The number of fused-ring (bicyclic) bond motifs is 1. The number of hydrogen-bond acceptors (Lipinski definition) is 6. The number of carbonyl (C=O) groups excluding carboxylic acids is 3. The molecule has 1 aromatic carbocycles. The number of ketones is 1. The van der Waals surface area contributed by atoms with Crippen LogP contribution in [0.2, 0.25) is 0 Å². The van der Waals surface area contributed by atoms with Crippen molar-refractivity contribution in [3.05, 3.63) is 23.8 Å². The zero-order valence-corrected chi connectivity index (χ0v) is 14.5. The van der Waals surface area contributed by atoms with Gasteiger partial charge in [0, 0.05) is 24.9 Å². The Labute approximate surface area is 146 Å². The van der Waals surface area contributed by atoms with E-state index in [2.05, 4.69) is 5.32 Å². The third-order valence-corrected chi connectivity index (χ3v) is 3.65. The van der Waals surface area contributed by atoms with Crippen LogP contribution in [0.1, 0.15) is 43.5 Å². The van der Waals surface area contributed by atoms with Crippen molar-refractivity contribution in [2.45, 2.75) is 39.2 Å². The van der Waals surface area contributed by atoms with Crippen LogP contribution in [0.15, 0.2) is 18.2 Å². The second kappa shape index (κ2) is 9.05. The summed E-state index contributed by atoms with van der Waals surface area (Å²) in [6.07, 6.45) is -0.175. The molecule has 7 nitrogen and oxygen atoms in total. The number of rotatable bonds is 7. The fraction of sp³-hybridized carbons (Fsp3) is 0.500. The summed E-state index contributed by atoms with van der Waals surface area (Å²) in [4.78, 5) is 35.6. The maximum absolute atomic E-state index is 12.3. The van der Waals surface area contributed by atoms with Crippen LogP contribution >= 0.6 is 0 Å². The van der Waals surface area contributed by atoms with Gasteiger partial charge >= 0.3 is 5.97 Å². The SMILES string of the molecule is CCNC(=O)[C@@H](C)OC(=O)CCC(=O)c1ccc2c(c1)OCCCO2. The summed E-state index contributed by atoms with van der Waals surface area (Å²) >= 11 is 0. The first-order valence-corrected chi connectivity index (χ1v) is 8.41. The van der Waals surface area contributed by atoms with Gasteiger partial charge in [0.15, 0.2) is 23.4 Å². The lowest BCUT2D eigenvalue weighted by atomic mass is 10.1. The van der Waals surface area contributed by atoms with Gasteiger partial charge in [-0.15, -0.1) is 0 Å². The first-order valence-electron chi connectivity index (χ1n) is 8.41. The number of benzene rings is 1. The van der Waals surface area contributed by atoms with E-state index in [4.69, 9.17) is 14.2 Å². The number of carbonyl (C=O) groups is 3. The summed E-state index contributed by atoms with van der Waals surface area (Å²) in [7, 11) is 0. The predicted molar refractivity (Wildman–Crippen MR) is 89.9 cm³/mol. The highest BCUT2D eigenvalue weighted by Crippen LogP contribution is 2.30. The molecule has 1 amide bonds. The molecule has 0 unspecified atom stereocenters. The molecule has 25 heavy (non-hydrogen) atoms. The fourth-order valence-corrected chi connectivity index (χ4v) is 2.32. The Morgan fingerprint density at radius 2 is 1.88 bits per heavy atom. The van der Waals surface area contributed by atoms with Crippen molar-refractivity contribution < 1.29 is 28.6 Å². The third-order valence-electron chi connectivity index (χ3n) is 3.65. The predicted octanol–water partition coefficient (Wildman–Crippen LogP) is 1.88. The van der Waals surface area contributed by atoms with Gasteiger partial charge in [-0.3, -0.25) is 14.4 Å². The van der Waals surface area contributed by atoms with Gasteiger partial charge in [0.2, 0.25) is 0 Å². The highest BCUT2D eigenvalue weighted by molar-refractivity contribution is 5.98. The van der Waals surface area contributed by atoms with Gasteiger partial charge in [0.05, 0.1) is 19.6 Å². The minimum atomic E-state index is -0.874. The molecule has 0 aromatic heterocycles. The molecule has 0 saturated heterocycles. The van der Waals surface area contributed by atoms with Crippen LogP contribution in [0.3, 0.4) is 0 Å². The Morgan fingerprint density at radius 3 is 2.60 bits per heavy atom. The lowest BCUT2D eigenvalue weighted by Gasteiger charge is -2.12. The molecule has 0 spiro atoms. The first-order chi connectivity index (χ1) is 12.0. The number of amides is 1. The standard InChI is InChI=1S/C18H23NO6/c1-3-19-18(22)12(2)25-17(21)8-6-14(20)13-5-7-15-16(11-13)24-10-4-9-23-15/h5,7,11-12H,3-4,6,8-10H2,1-2H3,(H,19,22)/t12-/m1/s1. The van der Waals surface area contributed by atoms with E-state index in [-0.39, 0.29) is 24.5 Å². The maximum atomic E-state index is 12.3. The minimum absolute atomic E-state index is 0.000589. The molecule has 1 N–H and O–H groups in total. The average Bonchev–Trinajstić information content (AvgIpc) is 2.84. The number of hydrogen-bond donors (Lipinski definition) is 1. The molecule has 1 atom stereocenters. The van der Waals surface area contributed by atoms with E-state index in [0.717, 1.165) is 6.42 Å². The highest BCUT2D eigenvalue weighted by Gasteiger charge is 2.19. The van der Waals surface area contributed by atoms with Crippen molar-refractivity contribution in [1.29, 1.82) is 0 Å². The summed E-state index contributed by atoms with van der Waals surface area (Å²) in [6.45, 7) is 4.85. The number of likely N-dealkylation sites (N-methyl/N-ethyl adjacent to an activating group) is 1. The van der Waals surface area contributed by atoms with E-state index in [9.17, 15) is 14.4 Å². The van der Waals surface area contributed by atoms with Crippen molar-refractivity contribution in [1.82, 2.24) is 5.32 Å². The van der Waals surface area contributed by atoms with Crippen LogP contribution < -0.4 is 14.8 Å². The summed E-state index contributed by atoms with van der Waals surface area (Å²) in [5.74, 6) is 0.0183. The molecule has 1 aliphatic heterocycles. The van der Waals surface area contributed by atoms with Gasteiger partial charge in [-0.05, 0) is 32.0 Å². The Morgan fingerprint density at radius 1 is 1.16 bits per heavy atom. The van der Waals surface area contributed by atoms with E-state index >= 15 is 0 Å². The van der Waals surface area contributed by atoms with Crippen LogP contribution in [0.4, 0.5) is 0 Å². The van der Waals surface area contributed by atoms with Crippen molar-refractivity contribution >= 4 is 17.7 Å². The Kier molecular flexibility index (Phi) is 6.80. The Bertz CT molecular complexity index is 642. The molecule has 1 aliphatic rings. The zero-order valence-electron chi connectivity index (χ0n) is 14.5. The molecule has 0 radical (unpaired) electrons. The van der Waals surface area contributed by atoms with Gasteiger partial charge in [0.25, 0.3) is 5.91 Å². The molecule has 1 aromatic rings. The number of ether oxygens (including phenoxy) is 3. The third kappa shape index (κ3) is 5.48. The molecule has 7 heteroatoms. The van der Waals surface area contributed by atoms with Crippen LogP contribution in [0, 0.1) is 0 Å². The molecule has 0 bridgehead atoms. The van der Waals surface area contributed by atoms with Gasteiger partial charge in [0.1, 0.15) is 0 Å². The van der Waals surface area contributed by atoms with Gasteiger partial charge < -0.3 is 19.5 Å². The smallest absolute Gasteiger partial charge is 0.307 e. The van der Waals surface area contributed by atoms with Crippen molar-refractivity contribution in [2.75, 3.05) is 19.8 Å². The number of Topliss-reactive ketones (excluding diaryl/α,β-unsaturated/α-hetero) is 1. The van der Waals surface area contributed by atoms with E-state index in [1.165, 1.54) is 6.92 Å². The van der Waals surface area contributed by atoms with Crippen molar-refractivity contribution in [3.63, 3.8) is 0 Å². The topological polar surface area (TPSA) is 90.9 Å². The second-order valence-corrected chi connectivity index (χ2v) is 5.66. The van der Waals surface area contributed by atoms with Gasteiger partial charge in [-0.25, -0.2) is 0 Å². The average molecular weight is 349 g/mol. The second-order valence-electron chi connectivity index (χ2n) is 5.66. The molecule has 0 fully saturated rings. The lowest BCUT2D eigenvalue weighted by molar-refractivity contribution is -0.154. The van der Waals surface area contributed by atoms with Crippen molar-refractivity contribution in [2.24, 2.45) is 0 Å². The summed E-state index contributed by atoms with van der Waals surface area (Å²) in [5.41, 5.74) is 0.453. The minimum Gasteiger partial charge on any atom is -0.490 e. The summed E-state index contributed by atoms with van der Waals surface area (Å²) in [6, 6.07) is 4.98. The van der Waals surface area contributed by atoms with E-state index in [0.29, 0.717) is 36.8 Å². The number of nitrogens with one attached hydrogen (secondary N) is 1. The molecule has 1 heterocycles. The highest BCUT2D eigenvalue weighted by atomic mass is 16.5. The molecular formula is C18H23NO6. The van der Waals surface area contributed by atoms with Gasteiger partial charge in [-0.1, -0.05) is 0 Å². The summed E-state index contributed by atoms with van der Waals surface area (Å²) < 4.78 is 16.1. The molecular weight excluding hydrogens is 326 g/mol. The van der Waals surface area contributed by atoms with E-state index in [1.807, 2.05) is 0 Å². The fourth-order valence-electron chi connectivity index (χ4n) is 2.32. The lowest BCUT2D eigenvalue weighted by Crippen LogP contribution is -2.35. The Balaban J connectivity index is 1.86. The molecule has 0 aliphatic carbocycles. The number of esters is 1. The first kappa shape index (κ1) is 18.8. The quantitative estimate of drug-likeness (QED) is 0.597.